The Labute approximate surface area is 156 Å². The summed E-state index contributed by atoms with van der Waals surface area (Å²) in [6.07, 6.45) is 7.90. The van der Waals surface area contributed by atoms with E-state index in [2.05, 4.69) is 32.2 Å². The lowest BCUT2D eigenvalue weighted by molar-refractivity contribution is 0.243. The Morgan fingerprint density at radius 2 is 2.04 bits per heavy atom. The van der Waals surface area contributed by atoms with Gasteiger partial charge in [-0.05, 0) is 42.3 Å². The second-order valence-corrected chi connectivity index (χ2v) is 7.47. The maximum absolute atomic E-state index is 12.7. The van der Waals surface area contributed by atoms with Gasteiger partial charge in [-0.3, -0.25) is 0 Å². The number of carbonyl (C=O) groups is 1. The van der Waals surface area contributed by atoms with Crippen LogP contribution in [0.1, 0.15) is 36.6 Å². The molecule has 0 spiro atoms. The smallest absolute Gasteiger partial charge is 0.319 e. The van der Waals surface area contributed by atoms with Gasteiger partial charge < -0.3 is 10.6 Å². The Kier molecular flexibility index (Phi) is 4.97. The highest BCUT2D eigenvalue weighted by atomic mass is 32.1. The minimum absolute atomic E-state index is 0.0658. The van der Waals surface area contributed by atoms with Crippen LogP contribution in [0.25, 0.3) is 5.69 Å². The summed E-state index contributed by atoms with van der Waals surface area (Å²) >= 11 is 1.70. The summed E-state index contributed by atoms with van der Waals surface area (Å²) in [5.41, 5.74) is 1.49. The molecule has 0 radical (unpaired) electrons. The zero-order valence-corrected chi connectivity index (χ0v) is 15.2. The second kappa shape index (κ2) is 7.70. The van der Waals surface area contributed by atoms with Gasteiger partial charge in [0.15, 0.2) is 0 Å². The van der Waals surface area contributed by atoms with Gasteiger partial charge in [0.25, 0.3) is 0 Å². The lowest BCUT2D eigenvalue weighted by Gasteiger charge is -2.24. The Morgan fingerprint density at radius 1 is 1.19 bits per heavy atom. The molecule has 0 bridgehead atoms. The number of para-hydroxylation sites is 2. The number of benzene rings is 1. The summed E-state index contributed by atoms with van der Waals surface area (Å²) < 4.78 is 1.64. The zero-order chi connectivity index (χ0) is 17.8. The molecule has 4 rings (SSSR count). The normalized spacial score (nSPS) is 15.7. The number of aromatic nitrogens is 3. The van der Waals surface area contributed by atoms with Gasteiger partial charge in [-0.1, -0.05) is 31.0 Å². The molecule has 2 aromatic heterocycles. The van der Waals surface area contributed by atoms with Gasteiger partial charge in [0.2, 0.25) is 0 Å². The van der Waals surface area contributed by atoms with Crippen molar-refractivity contribution in [2.24, 2.45) is 5.92 Å². The minimum Gasteiger partial charge on any atom is -0.330 e. The predicted octanol–water partition coefficient (Wildman–Crippen LogP) is 4.38. The molecule has 7 heteroatoms. The van der Waals surface area contributed by atoms with E-state index in [-0.39, 0.29) is 12.1 Å². The lowest BCUT2D eigenvalue weighted by Crippen LogP contribution is -2.35. The fourth-order valence-corrected chi connectivity index (χ4v) is 4.46. The van der Waals surface area contributed by atoms with Crippen molar-refractivity contribution in [3.05, 3.63) is 59.3 Å². The third kappa shape index (κ3) is 3.62. The largest absolute Gasteiger partial charge is 0.330 e. The highest BCUT2D eigenvalue weighted by molar-refractivity contribution is 7.10. The fourth-order valence-electron chi connectivity index (χ4n) is 3.59. The number of thiophene rings is 1. The molecule has 1 atom stereocenters. The van der Waals surface area contributed by atoms with Crippen molar-refractivity contribution in [1.82, 2.24) is 20.1 Å². The van der Waals surface area contributed by atoms with E-state index in [1.165, 1.54) is 36.9 Å². The monoisotopic (exact) mass is 367 g/mol. The number of rotatable bonds is 5. The van der Waals surface area contributed by atoms with E-state index >= 15 is 0 Å². The Hall–Kier alpha value is -2.67. The number of nitrogens with zero attached hydrogens (tertiary/aromatic N) is 3. The fraction of sp³-hybridized carbons (Fsp3) is 0.316. The van der Waals surface area contributed by atoms with Crippen LogP contribution < -0.4 is 10.6 Å². The first kappa shape index (κ1) is 16.8. The first-order valence-electron chi connectivity index (χ1n) is 8.86. The number of anilines is 1. The number of hydrogen-bond acceptors (Lipinski definition) is 4. The van der Waals surface area contributed by atoms with Crippen molar-refractivity contribution in [3.8, 4) is 5.69 Å². The molecule has 3 aromatic rings. The summed E-state index contributed by atoms with van der Waals surface area (Å²) in [5, 5.41) is 12.4. The number of amides is 2. The molecule has 0 unspecified atom stereocenters. The van der Waals surface area contributed by atoms with Crippen molar-refractivity contribution < 1.29 is 4.79 Å². The molecule has 6 nitrogen and oxygen atoms in total. The number of hydrogen-bond donors (Lipinski definition) is 2. The van der Waals surface area contributed by atoms with E-state index in [0.29, 0.717) is 11.6 Å². The average molecular weight is 367 g/mol. The van der Waals surface area contributed by atoms with Crippen LogP contribution in [0.4, 0.5) is 10.5 Å². The molecule has 2 N–H and O–H groups in total. The maximum Gasteiger partial charge on any atom is 0.319 e. The average Bonchev–Trinajstić information content (AvgIpc) is 3.44. The summed E-state index contributed by atoms with van der Waals surface area (Å²) in [5.74, 6) is 0.505. The van der Waals surface area contributed by atoms with Gasteiger partial charge in [0, 0.05) is 4.88 Å². The van der Waals surface area contributed by atoms with Gasteiger partial charge >= 0.3 is 6.03 Å². The van der Waals surface area contributed by atoms with Crippen LogP contribution in [-0.4, -0.2) is 20.8 Å². The van der Waals surface area contributed by atoms with Crippen LogP contribution in [0.2, 0.25) is 0 Å². The van der Waals surface area contributed by atoms with Crippen LogP contribution in [0.5, 0.6) is 0 Å². The molecule has 134 valence electrons. The summed E-state index contributed by atoms with van der Waals surface area (Å²) in [6, 6.07) is 11.6. The van der Waals surface area contributed by atoms with E-state index in [9.17, 15) is 4.79 Å². The third-order valence-electron chi connectivity index (χ3n) is 4.83. The molecule has 0 aliphatic heterocycles. The van der Waals surface area contributed by atoms with Crippen LogP contribution in [0, 0.1) is 5.92 Å². The molecule has 2 amide bonds. The molecule has 26 heavy (non-hydrogen) atoms. The topological polar surface area (TPSA) is 71.8 Å². The van der Waals surface area contributed by atoms with E-state index in [0.717, 1.165) is 5.69 Å². The molecule has 2 heterocycles. The number of urea groups is 1. The maximum atomic E-state index is 12.7. The lowest BCUT2D eigenvalue weighted by atomic mass is 9.97. The molecule has 1 aliphatic rings. The van der Waals surface area contributed by atoms with Gasteiger partial charge in [-0.25, -0.2) is 14.5 Å². The quantitative estimate of drug-likeness (QED) is 0.703. The van der Waals surface area contributed by atoms with Crippen molar-refractivity contribution in [2.75, 3.05) is 5.32 Å². The van der Waals surface area contributed by atoms with E-state index < -0.39 is 0 Å². The first-order valence-corrected chi connectivity index (χ1v) is 9.74. The van der Waals surface area contributed by atoms with E-state index in [4.69, 9.17) is 0 Å². The molecule has 1 fully saturated rings. The Bertz CT molecular complexity index is 841. The van der Waals surface area contributed by atoms with Crippen molar-refractivity contribution in [3.63, 3.8) is 0 Å². The highest BCUT2D eigenvalue weighted by Gasteiger charge is 2.28. The van der Waals surface area contributed by atoms with E-state index in [1.54, 1.807) is 22.3 Å². The zero-order valence-electron chi connectivity index (χ0n) is 14.3. The molecule has 1 aromatic carbocycles. The Morgan fingerprint density at radius 3 is 2.77 bits per heavy atom. The number of nitrogens with one attached hydrogen (secondary N) is 2. The molecular weight excluding hydrogens is 346 g/mol. The number of carbonyl (C=O) groups excluding carboxylic acids is 1. The van der Waals surface area contributed by atoms with Gasteiger partial charge in [0.05, 0.1) is 17.4 Å². The summed E-state index contributed by atoms with van der Waals surface area (Å²) in [6.45, 7) is 0. The van der Waals surface area contributed by atoms with Crippen molar-refractivity contribution in [1.29, 1.82) is 0 Å². The van der Waals surface area contributed by atoms with Crippen molar-refractivity contribution in [2.45, 2.75) is 31.7 Å². The summed E-state index contributed by atoms with van der Waals surface area (Å²) in [7, 11) is 0. The molecule has 1 saturated carbocycles. The van der Waals surface area contributed by atoms with Crippen LogP contribution in [0.3, 0.4) is 0 Å². The van der Waals surface area contributed by atoms with E-state index in [1.807, 2.05) is 30.3 Å². The SMILES string of the molecule is O=C(Nc1ccccc1-n1cncn1)N[C@@H](c1cccs1)C1CCCC1. The minimum atomic E-state index is -0.192. The standard InChI is InChI=1S/C19H21N5OS/c25-19(22-15-8-3-4-9-16(15)24-13-20-12-21-24)23-18(14-6-1-2-7-14)17-10-5-11-26-17/h3-5,8-14,18H,1-2,6-7H2,(H2,22,23,25)/t18-/m1/s1. The second-order valence-electron chi connectivity index (χ2n) is 6.49. The van der Waals surface area contributed by atoms with Gasteiger partial charge in [-0.15, -0.1) is 11.3 Å². The predicted molar refractivity (Wildman–Crippen MR) is 103 cm³/mol. The molecule has 0 saturated heterocycles. The van der Waals surface area contributed by atoms with Gasteiger partial charge in [0.1, 0.15) is 12.7 Å². The highest BCUT2D eigenvalue weighted by Crippen LogP contribution is 2.37. The van der Waals surface area contributed by atoms with Crippen LogP contribution in [0.15, 0.2) is 54.4 Å². The third-order valence-corrected chi connectivity index (χ3v) is 5.78. The van der Waals surface area contributed by atoms with Crippen LogP contribution >= 0.6 is 11.3 Å². The summed E-state index contributed by atoms with van der Waals surface area (Å²) in [4.78, 5) is 17.9. The molecule has 1 aliphatic carbocycles. The first-order chi connectivity index (χ1) is 12.8. The van der Waals surface area contributed by atoms with Crippen molar-refractivity contribution >= 4 is 23.1 Å². The molecular formula is C19H21N5OS. The Balaban J connectivity index is 1.51. The van der Waals surface area contributed by atoms with Gasteiger partial charge in [-0.2, -0.15) is 5.10 Å². The van der Waals surface area contributed by atoms with Crippen LogP contribution in [-0.2, 0) is 0 Å².